The van der Waals surface area contributed by atoms with Crippen molar-refractivity contribution < 1.29 is 27.8 Å². The smallest absolute Gasteiger partial charge is 0.396 e. The Hall–Kier alpha value is -2.58. The number of rotatable bonds is 7. The van der Waals surface area contributed by atoms with Crippen molar-refractivity contribution in [2.24, 2.45) is 5.92 Å². The van der Waals surface area contributed by atoms with Crippen LogP contribution in [0.3, 0.4) is 0 Å². The van der Waals surface area contributed by atoms with Gasteiger partial charge in [0.15, 0.2) is 0 Å². The van der Waals surface area contributed by atoms with Gasteiger partial charge in [-0.2, -0.15) is 13.2 Å². The molecule has 2 aliphatic heterocycles. The van der Waals surface area contributed by atoms with Gasteiger partial charge >= 0.3 is 6.18 Å². The van der Waals surface area contributed by atoms with Gasteiger partial charge in [0.1, 0.15) is 0 Å². The van der Waals surface area contributed by atoms with Crippen molar-refractivity contribution in [2.45, 2.75) is 56.5 Å². The van der Waals surface area contributed by atoms with Gasteiger partial charge in [0.2, 0.25) is 5.91 Å². The SMILES string of the molecule is O=C(CCCCO)NCC1CCC2C(O1)c1cc(C(F)(F)F)ccc1N[C@H]2c1ccccc1. The van der Waals surface area contributed by atoms with E-state index in [4.69, 9.17) is 9.84 Å². The first kappa shape index (κ1) is 23.6. The van der Waals surface area contributed by atoms with Crippen molar-refractivity contribution >= 4 is 11.6 Å². The average molecular weight is 463 g/mol. The van der Waals surface area contributed by atoms with E-state index in [9.17, 15) is 18.0 Å². The van der Waals surface area contributed by atoms with Crippen molar-refractivity contribution in [3.05, 3.63) is 65.2 Å². The summed E-state index contributed by atoms with van der Waals surface area (Å²) < 4.78 is 46.6. The van der Waals surface area contributed by atoms with Crippen LogP contribution in [0.15, 0.2) is 48.5 Å². The van der Waals surface area contributed by atoms with E-state index in [2.05, 4.69) is 10.6 Å². The number of anilines is 1. The molecule has 3 unspecified atom stereocenters. The predicted molar refractivity (Wildman–Crippen MR) is 119 cm³/mol. The minimum Gasteiger partial charge on any atom is -0.396 e. The Labute approximate surface area is 191 Å². The van der Waals surface area contributed by atoms with Crippen LogP contribution in [0.25, 0.3) is 0 Å². The highest BCUT2D eigenvalue weighted by molar-refractivity contribution is 5.75. The number of nitrogens with one attached hydrogen (secondary N) is 2. The fourth-order valence-corrected chi connectivity index (χ4v) is 4.79. The summed E-state index contributed by atoms with van der Waals surface area (Å²) in [6.45, 7) is 0.372. The van der Waals surface area contributed by atoms with E-state index in [1.807, 2.05) is 30.3 Å². The lowest BCUT2D eigenvalue weighted by Gasteiger charge is -2.46. The molecule has 4 atom stereocenters. The first-order valence-corrected chi connectivity index (χ1v) is 11.4. The Morgan fingerprint density at radius 3 is 2.64 bits per heavy atom. The summed E-state index contributed by atoms with van der Waals surface area (Å²) in [7, 11) is 0. The molecule has 3 N–H and O–H groups in total. The molecule has 0 saturated carbocycles. The summed E-state index contributed by atoms with van der Waals surface area (Å²) in [5.74, 6) is -0.138. The van der Waals surface area contributed by atoms with Gasteiger partial charge in [0.25, 0.3) is 0 Å². The molecule has 1 amide bonds. The molecule has 0 bridgehead atoms. The van der Waals surface area contributed by atoms with Crippen molar-refractivity contribution in [3.8, 4) is 0 Å². The number of benzene rings is 2. The third-order valence-electron chi connectivity index (χ3n) is 6.47. The van der Waals surface area contributed by atoms with Crippen LogP contribution in [0.4, 0.5) is 18.9 Å². The van der Waals surface area contributed by atoms with Crippen LogP contribution in [0.1, 0.15) is 60.9 Å². The third-order valence-corrected chi connectivity index (χ3v) is 6.47. The number of halogens is 3. The van der Waals surface area contributed by atoms with E-state index in [0.717, 1.165) is 18.1 Å². The quantitative estimate of drug-likeness (QED) is 0.507. The van der Waals surface area contributed by atoms with Gasteiger partial charge in [-0.1, -0.05) is 30.3 Å². The molecule has 2 aromatic carbocycles. The number of fused-ring (bicyclic) bond motifs is 3. The van der Waals surface area contributed by atoms with Crippen LogP contribution in [-0.4, -0.2) is 30.3 Å². The first-order valence-electron chi connectivity index (χ1n) is 11.4. The molecule has 8 heteroatoms. The molecular weight excluding hydrogens is 433 g/mol. The van der Waals surface area contributed by atoms with Crippen molar-refractivity contribution in [1.29, 1.82) is 0 Å². The molecular formula is C25H29F3N2O3. The minimum absolute atomic E-state index is 0.0279. The number of carbonyl (C=O) groups is 1. The van der Waals surface area contributed by atoms with E-state index in [0.29, 0.717) is 43.5 Å². The Morgan fingerprint density at radius 2 is 1.91 bits per heavy atom. The second-order valence-corrected chi connectivity index (χ2v) is 8.74. The summed E-state index contributed by atoms with van der Waals surface area (Å²) in [4.78, 5) is 12.1. The normalized spacial score (nSPS) is 24.4. The maximum Gasteiger partial charge on any atom is 0.416 e. The van der Waals surface area contributed by atoms with E-state index in [-0.39, 0.29) is 30.6 Å². The largest absolute Gasteiger partial charge is 0.416 e. The molecule has 33 heavy (non-hydrogen) atoms. The van der Waals surface area contributed by atoms with Gasteiger partial charge in [0.05, 0.1) is 23.8 Å². The number of alkyl halides is 3. The van der Waals surface area contributed by atoms with Crippen LogP contribution >= 0.6 is 0 Å². The van der Waals surface area contributed by atoms with Crippen LogP contribution in [0.2, 0.25) is 0 Å². The predicted octanol–water partition coefficient (Wildman–Crippen LogP) is 4.99. The average Bonchev–Trinajstić information content (AvgIpc) is 2.82. The fourth-order valence-electron chi connectivity index (χ4n) is 4.79. The summed E-state index contributed by atoms with van der Waals surface area (Å²) in [5, 5.41) is 15.2. The van der Waals surface area contributed by atoms with Crippen molar-refractivity contribution in [1.82, 2.24) is 5.32 Å². The number of ether oxygens (including phenoxy) is 1. The monoisotopic (exact) mass is 462 g/mol. The number of carbonyl (C=O) groups excluding carboxylic acids is 1. The summed E-state index contributed by atoms with van der Waals surface area (Å²) in [5.41, 5.74) is 1.54. The molecule has 2 heterocycles. The number of hydrogen-bond acceptors (Lipinski definition) is 4. The maximum atomic E-state index is 13.4. The lowest BCUT2D eigenvalue weighted by atomic mass is 9.76. The standard InChI is InChI=1S/C25H29F3N2O3/c26-25(27,28)17-9-12-21-20(14-17)24-19(23(30-21)16-6-2-1-3-7-16)11-10-18(33-24)15-29-22(32)8-4-5-13-31/h1-3,6-7,9,12,14,18-19,23-24,30-31H,4-5,8,10-11,13,15H2,(H,29,32)/t18?,19?,23-,24?/m0/s1. The van der Waals surface area contributed by atoms with Gasteiger partial charge in [-0.25, -0.2) is 0 Å². The van der Waals surface area contributed by atoms with Crippen LogP contribution in [0.5, 0.6) is 0 Å². The fraction of sp³-hybridized carbons (Fsp3) is 0.480. The lowest BCUT2D eigenvalue weighted by molar-refractivity contribution is -0.138. The Balaban J connectivity index is 1.55. The third kappa shape index (κ3) is 5.50. The van der Waals surface area contributed by atoms with E-state index < -0.39 is 17.8 Å². The molecule has 0 radical (unpaired) electrons. The number of amides is 1. The first-order chi connectivity index (χ1) is 15.9. The van der Waals surface area contributed by atoms with Gasteiger partial charge in [-0.15, -0.1) is 0 Å². The number of aliphatic hydroxyl groups is 1. The second-order valence-electron chi connectivity index (χ2n) is 8.74. The Morgan fingerprint density at radius 1 is 1.12 bits per heavy atom. The molecule has 2 aliphatic rings. The topological polar surface area (TPSA) is 70.6 Å². The molecule has 178 valence electrons. The van der Waals surface area contributed by atoms with Gasteiger partial charge < -0.3 is 20.5 Å². The molecule has 5 nitrogen and oxygen atoms in total. The van der Waals surface area contributed by atoms with Crippen LogP contribution in [0, 0.1) is 5.92 Å². The van der Waals surface area contributed by atoms with Crippen molar-refractivity contribution in [2.75, 3.05) is 18.5 Å². The molecule has 1 saturated heterocycles. The molecule has 0 aromatic heterocycles. The molecule has 0 aliphatic carbocycles. The minimum atomic E-state index is -4.43. The maximum absolute atomic E-state index is 13.4. The van der Waals surface area contributed by atoms with Gasteiger partial charge in [-0.05, 0) is 49.4 Å². The van der Waals surface area contributed by atoms with Crippen LogP contribution in [-0.2, 0) is 15.7 Å². The van der Waals surface area contributed by atoms with Crippen molar-refractivity contribution in [3.63, 3.8) is 0 Å². The zero-order valence-electron chi connectivity index (χ0n) is 18.3. The summed E-state index contributed by atoms with van der Waals surface area (Å²) in [6.07, 6.45) is -2.23. The molecule has 4 rings (SSSR count). The van der Waals surface area contributed by atoms with Gasteiger partial charge in [-0.3, -0.25) is 4.79 Å². The molecule has 0 spiro atoms. The second kappa shape index (κ2) is 10.1. The highest BCUT2D eigenvalue weighted by atomic mass is 19.4. The van der Waals surface area contributed by atoms with E-state index in [1.165, 1.54) is 12.1 Å². The van der Waals surface area contributed by atoms with E-state index in [1.54, 1.807) is 0 Å². The highest BCUT2D eigenvalue weighted by Crippen LogP contribution is 2.51. The summed E-state index contributed by atoms with van der Waals surface area (Å²) >= 11 is 0. The Bertz CT molecular complexity index is 952. The number of unbranched alkanes of at least 4 members (excludes halogenated alkanes) is 1. The van der Waals surface area contributed by atoms with Crippen LogP contribution < -0.4 is 10.6 Å². The number of hydrogen-bond donors (Lipinski definition) is 3. The molecule has 2 aromatic rings. The van der Waals surface area contributed by atoms with Gasteiger partial charge in [0, 0.05) is 36.7 Å². The lowest BCUT2D eigenvalue weighted by Crippen LogP contribution is -2.43. The zero-order valence-corrected chi connectivity index (χ0v) is 18.3. The zero-order chi connectivity index (χ0) is 23.4. The highest BCUT2D eigenvalue weighted by Gasteiger charge is 2.43. The number of aliphatic hydroxyl groups excluding tert-OH is 1. The van der Waals surface area contributed by atoms with E-state index >= 15 is 0 Å². The molecule has 1 fully saturated rings. The summed E-state index contributed by atoms with van der Waals surface area (Å²) in [6, 6.07) is 13.6. The Kier molecular flexibility index (Phi) is 7.24.